The number of carbonyl (C=O) groups excluding carboxylic acids is 1. The summed E-state index contributed by atoms with van der Waals surface area (Å²) in [6, 6.07) is 11.3. The molecule has 1 amide bonds. The lowest BCUT2D eigenvalue weighted by atomic mass is 10.0. The lowest BCUT2D eigenvalue weighted by molar-refractivity contribution is -0.137. The molecule has 2 aromatic rings. The van der Waals surface area contributed by atoms with Crippen molar-refractivity contribution in [2.24, 2.45) is 0 Å². The topological polar surface area (TPSA) is 35.6 Å². The first-order chi connectivity index (χ1) is 14.3. The highest BCUT2D eigenvalue weighted by atomic mass is 19.4. The second-order valence-corrected chi connectivity index (χ2v) is 8.07. The van der Waals surface area contributed by atoms with E-state index in [1.165, 1.54) is 29.4 Å². The molecule has 0 aromatic heterocycles. The van der Waals surface area contributed by atoms with E-state index >= 15 is 0 Å². The fraction of sp³-hybridized carbons (Fsp3) is 0.435. The monoisotopic (exact) mass is 417 g/mol. The van der Waals surface area contributed by atoms with Crippen LogP contribution in [0, 0.1) is 0 Å². The summed E-state index contributed by atoms with van der Waals surface area (Å²) < 4.78 is 39.9. The van der Waals surface area contributed by atoms with Gasteiger partial charge in [0, 0.05) is 25.8 Å². The van der Waals surface area contributed by atoms with Crippen molar-refractivity contribution in [3.63, 3.8) is 0 Å². The van der Waals surface area contributed by atoms with Gasteiger partial charge in [-0.15, -0.1) is 0 Å². The van der Waals surface area contributed by atoms with E-state index < -0.39 is 17.6 Å². The number of amides is 1. The number of likely N-dealkylation sites (N-methyl/N-ethyl adjacent to an activating group) is 1. The van der Waals surface area contributed by atoms with Gasteiger partial charge in [-0.1, -0.05) is 24.3 Å². The third-order valence-corrected chi connectivity index (χ3v) is 6.13. The molecule has 2 aromatic carbocycles. The van der Waals surface area contributed by atoms with E-state index in [4.69, 9.17) is 0 Å². The van der Waals surface area contributed by atoms with E-state index in [0.717, 1.165) is 50.5 Å². The Morgan fingerprint density at radius 3 is 2.57 bits per heavy atom. The first-order valence-electron chi connectivity index (χ1n) is 10.4. The Labute approximate surface area is 174 Å². The zero-order chi connectivity index (χ0) is 21.3. The predicted molar refractivity (Wildman–Crippen MR) is 111 cm³/mol. The molecule has 7 heteroatoms. The molecule has 1 unspecified atom stereocenters. The fourth-order valence-electron chi connectivity index (χ4n) is 4.52. The molecule has 2 aliphatic rings. The van der Waals surface area contributed by atoms with Crippen molar-refractivity contribution in [2.75, 3.05) is 38.1 Å². The molecular formula is C23H26F3N3O. The van der Waals surface area contributed by atoms with E-state index in [9.17, 15) is 18.0 Å². The lowest BCUT2D eigenvalue weighted by Gasteiger charge is -2.29. The quantitative estimate of drug-likeness (QED) is 0.790. The Morgan fingerprint density at radius 2 is 1.83 bits per heavy atom. The van der Waals surface area contributed by atoms with Crippen LogP contribution < -0.4 is 10.2 Å². The molecule has 1 saturated heterocycles. The van der Waals surface area contributed by atoms with Crippen molar-refractivity contribution in [2.45, 2.75) is 31.5 Å². The zero-order valence-electron chi connectivity index (χ0n) is 17.0. The van der Waals surface area contributed by atoms with Gasteiger partial charge in [0.05, 0.1) is 17.2 Å². The smallest absolute Gasteiger partial charge is 0.374 e. The largest absolute Gasteiger partial charge is 0.417 e. The minimum atomic E-state index is -4.56. The number of hydrogen-bond donors (Lipinski definition) is 1. The Kier molecular flexibility index (Phi) is 5.73. The maximum atomic E-state index is 13.3. The number of nitrogens with zero attached hydrogens (tertiary/aromatic N) is 2. The summed E-state index contributed by atoms with van der Waals surface area (Å²) >= 11 is 0. The molecule has 2 aliphatic heterocycles. The van der Waals surface area contributed by atoms with E-state index in [1.54, 1.807) is 0 Å². The summed E-state index contributed by atoms with van der Waals surface area (Å²) in [5.74, 6) is -0.687. The maximum absolute atomic E-state index is 13.3. The molecule has 30 heavy (non-hydrogen) atoms. The van der Waals surface area contributed by atoms with Crippen LogP contribution in [0.1, 0.15) is 45.9 Å². The molecule has 0 aliphatic carbocycles. The van der Waals surface area contributed by atoms with Crippen molar-refractivity contribution < 1.29 is 18.0 Å². The number of rotatable bonds is 5. The Hall–Kier alpha value is -2.54. The number of anilines is 1. The van der Waals surface area contributed by atoms with E-state index in [1.807, 2.05) is 0 Å². The van der Waals surface area contributed by atoms with Gasteiger partial charge in [0.1, 0.15) is 0 Å². The molecule has 1 atom stereocenters. The third-order valence-electron chi connectivity index (χ3n) is 6.13. The molecular weight excluding hydrogens is 391 g/mol. The van der Waals surface area contributed by atoms with Gasteiger partial charge in [-0.2, -0.15) is 13.2 Å². The third kappa shape index (κ3) is 4.17. The zero-order valence-corrected chi connectivity index (χ0v) is 17.0. The predicted octanol–water partition coefficient (Wildman–Crippen LogP) is 4.26. The molecule has 1 fully saturated rings. The number of nitrogens with one attached hydrogen (secondary N) is 1. The van der Waals surface area contributed by atoms with Crippen LogP contribution in [-0.4, -0.2) is 44.0 Å². The molecule has 4 nitrogen and oxygen atoms in total. The summed E-state index contributed by atoms with van der Waals surface area (Å²) in [4.78, 5) is 17.2. The Morgan fingerprint density at radius 1 is 1.10 bits per heavy atom. The number of hydrogen-bond acceptors (Lipinski definition) is 3. The number of benzene rings is 2. The normalized spacial score (nSPS) is 17.8. The van der Waals surface area contributed by atoms with Gasteiger partial charge in [0.15, 0.2) is 0 Å². The molecule has 4 rings (SSSR count). The Balaban J connectivity index is 1.55. The van der Waals surface area contributed by atoms with Gasteiger partial charge in [-0.3, -0.25) is 9.69 Å². The van der Waals surface area contributed by atoms with E-state index in [-0.39, 0.29) is 18.2 Å². The number of likely N-dealkylation sites (tertiary alicyclic amines) is 1. The lowest BCUT2D eigenvalue weighted by Crippen LogP contribution is -2.37. The van der Waals surface area contributed by atoms with Gasteiger partial charge in [0.2, 0.25) is 0 Å². The van der Waals surface area contributed by atoms with Gasteiger partial charge in [0.25, 0.3) is 5.91 Å². The van der Waals surface area contributed by atoms with Gasteiger partial charge in [-0.05, 0) is 61.7 Å². The fourth-order valence-corrected chi connectivity index (χ4v) is 4.52. The average Bonchev–Trinajstić information content (AvgIpc) is 3.38. The molecule has 2 heterocycles. The summed E-state index contributed by atoms with van der Waals surface area (Å²) in [7, 11) is 2.07. The second-order valence-electron chi connectivity index (χ2n) is 8.07. The van der Waals surface area contributed by atoms with Crippen molar-refractivity contribution in [1.82, 2.24) is 10.2 Å². The minimum Gasteiger partial charge on any atom is -0.374 e. The highest BCUT2D eigenvalue weighted by Gasteiger charge is 2.35. The van der Waals surface area contributed by atoms with Crippen LogP contribution in [0.2, 0.25) is 0 Å². The van der Waals surface area contributed by atoms with Crippen LogP contribution in [0.25, 0.3) is 0 Å². The number of halogens is 3. The van der Waals surface area contributed by atoms with Crippen LogP contribution in [0.5, 0.6) is 0 Å². The SMILES string of the molecule is CN1CCc2cc(C(CNC(=O)c3ccccc3C(F)(F)F)N3CCCC3)ccc21. The second kappa shape index (κ2) is 8.30. The highest BCUT2D eigenvalue weighted by molar-refractivity contribution is 5.95. The summed E-state index contributed by atoms with van der Waals surface area (Å²) in [5.41, 5.74) is 2.38. The van der Waals surface area contributed by atoms with Crippen LogP contribution in [0.3, 0.4) is 0 Å². The van der Waals surface area contributed by atoms with Crippen molar-refractivity contribution in [3.05, 3.63) is 64.7 Å². The van der Waals surface area contributed by atoms with Crippen molar-refractivity contribution >= 4 is 11.6 Å². The number of fused-ring (bicyclic) bond motifs is 1. The molecule has 160 valence electrons. The average molecular weight is 417 g/mol. The first kappa shape index (κ1) is 20.7. The molecule has 0 radical (unpaired) electrons. The molecule has 0 spiro atoms. The number of alkyl halides is 3. The van der Waals surface area contributed by atoms with Crippen LogP contribution in [0.15, 0.2) is 42.5 Å². The van der Waals surface area contributed by atoms with Gasteiger partial charge in [-0.25, -0.2) is 0 Å². The minimum absolute atomic E-state index is 0.0503. The molecule has 0 bridgehead atoms. The van der Waals surface area contributed by atoms with Crippen LogP contribution in [0.4, 0.5) is 18.9 Å². The molecule has 0 saturated carbocycles. The van der Waals surface area contributed by atoms with Crippen LogP contribution in [-0.2, 0) is 12.6 Å². The van der Waals surface area contributed by atoms with Gasteiger partial charge < -0.3 is 10.2 Å². The first-order valence-corrected chi connectivity index (χ1v) is 10.4. The summed E-state index contributed by atoms with van der Waals surface area (Å²) in [6.45, 7) is 3.12. The summed E-state index contributed by atoms with van der Waals surface area (Å²) in [5, 5.41) is 2.77. The number of carbonyl (C=O) groups is 1. The molecule has 1 N–H and O–H groups in total. The maximum Gasteiger partial charge on any atom is 0.417 e. The van der Waals surface area contributed by atoms with E-state index in [2.05, 4.69) is 40.4 Å². The van der Waals surface area contributed by atoms with Crippen LogP contribution >= 0.6 is 0 Å². The van der Waals surface area contributed by atoms with Crippen molar-refractivity contribution in [1.29, 1.82) is 0 Å². The Bertz CT molecular complexity index is 922. The van der Waals surface area contributed by atoms with Gasteiger partial charge >= 0.3 is 6.18 Å². The van der Waals surface area contributed by atoms with Crippen molar-refractivity contribution in [3.8, 4) is 0 Å². The standard InChI is InChI=1S/C23H26F3N3O/c1-28-13-10-17-14-16(8-9-20(17)28)21(29-11-4-5-12-29)15-27-22(30)18-6-2-3-7-19(18)23(24,25)26/h2-3,6-9,14,21H,4-5,10-13,15H2,1H3,(H,27,30). The highest BCUT2D eigenvalue weighted by Crippen LogP contribution is 2.33. The summed E-state index contributed by atoms with van der Waals surface area (Å²) in [6.07, 6.45) is -1.39. The van der Waals surface area contributed by atoms with E-state index in [0.29, 0.717) is 0 Å².